The van der Waals surface area contributed by atoms with Gasteiger partial charge in [-0.15, -0.1) is 12.6 Å². The van der Waals surface area contributed by atoms with Gasteiger partial charge >= 0.3 is 5.97 Å². The Morgan fingerprint density at radius 1 is 1.50 bits per heavy atom. The Morgan fingerprint density at radius 2 is 2.25 bits per heavy atom. The first-order chi connectivity index (χ1) is 7.64. The van der Waals surface area contributed by atoms with Gasteiger partial charge in [0.15, 0.2) is 0 Å². The van der Waals surface area contributed by atoms with Crippen molar-refractivity contribution in [1.82, 2.24) is 5.32 Å². The molecular formula is C12H15NO2S. The summed E-state index contributed by atoms with van der Waals surface area (Å²) in [4.78, 5) is 12.2. The van der Waals surface area contributed by atoms with Crippen LogP contribution in [0.2, 0.25) is 0 Å². The molecule has 16 heavy (non-hydrogen) atoms. The maximum Gasteiger partial charge on any atom is 0.324 e. The Balaban J connectivity index is 2.25. The number of aliphatic carboxylic acids is 1. The largest absolute Gasteiger partial charge is 0.480 e. The summed E-state index contributed by atoms with van der Waals surface area (Å²) in [5.41, 5.74) is 0.196. The van der Waals surface area contributed by atoms with E-state index in [2.05, 4.69) is 17.9 Å². The first-order valence-corrected chi connectivity index (χ1v) is 5.84. The molecule has 0 spiro atoms. The minimum atomic E-state index is -0.793. The third-order valence-corrected chi connectivity index (χ3v) is 3.57. The van der Waals surface area contributed by atoms with Crippen molar-refractivity contribution in [3.8, 4) is 0 Å². The molecule has 1 aromatic carbocycles. The molecule has 3 nitrogen and oxygen atoms in total. The summed E-state index contributed by atoms with van der Waals surface area (Å²) in [6.45, 7) is 0.779. The molecular weight excluding hydrogens is 222 g/mol. The van der Waals surface area contributed by atoms with Crippen LogP contribution in [0.1, 0.15) is 18.4 Å². The first kappa shape index (κ1) is 11.5. The van der Waals surface area contributed by atoms with Crippen molar-refractivity contribution in [2.24, 2.45) is 0 Å². The van der Waals surface area contributed by atoms with Gasteiger partial charge < -0.3 is 10.4 Å². The van der Waals surface area contributed by atoms with Gasteiger partial charge in [-0.05, 0) is 31.0 Å². The molecule has 1 saturated heterocycles. The van der Waals surface area contributed by atoms with E-state index >= 15 is 0 Å². The van der Waals surface area contributed by atoms with Gasteiger partial charge in [0, 0.05) is 11.3 Å². The van der Waals surface area contributed by atoms with Gasteiger partial charge in [0.25, 0.3) is 0 Å². The number of carboxylic acid groups (broad SMARTS) is 1. The van der Waals surface area contributed by atoms with Gasteiger partial charge in [-0.1, -0.05) is 18.2 Å². The standard InChI is InChI=1S/C12H15NO2S/c14-11(15)12(6-3-7-13-12)8-9-4-1-2-5-10(9)16/h1-2,4-5,13,16H,3,6-8H2,(H,14,15)/t12-/m1/s1. The Labute approximate surface area is 100 Å². The zero-order valence-electron chi connectivity index (χ0n) is 8.94. The zero-order valence-corrected chi connectivity index (χ0v) is 9.83. The molecule has 86 valence electrons. The van der Waals surface area contributed by atoms with Gasteiger partial charge in [0.1, 0.15) is 5.54 Å². The molecule has 1 fully saturated rings. The molecule has 1 aliphatic rings. The molecule has 0 bridgehead atoms. The van der Waals surface area contributed by atoms with E-state index in [1.807, 2.05) is 24.3 Å². The van der Waals surface area contributed by atoms with E-state index in [9.17, 15) is 9.90 Å². The second-order valence-corrected chi connectivity index (χ2v) is 4.70. The fourth-order valence-electron chi connectivity index (χ4n) is 2.20. The van der Waals surface area contributed by atoms with E-state index in [0.717, 1.165) is 23.4 Å². The van der Waals surface area contributed by atoms with Crippen molar-refractivity contribution in [1.29, 1.82) is 0 Å². The van der Waals surface area contributed by atoms with Crippen LogP contribution in [0.25, 0.3) is 0 Å². The molecule has 1 atom stereocenters. The highest BCUT2D eigenvalue weighted by Gasteiger charge is 2.41. The van der Waals surface area contributed by atoms with Gasteiger partial charge in [-0.2, -0.15) is 0 Å². The topological polar surface area (TPSA) is 49.3 Å². The van der Waals surface area contributed by atoms with Crippen molar-refractivity contribution in [2.45, 2.75) is 29.7 Å². The highest BCUT2D eigenvalue weighted by Crippen LogP contribution is 2.27. The van der Waals surface area contributed by atoms with E-state index in [4.69, 9.17) is 0 Å². The average molecular weight is 237 g/mol. The number of hydrogen-bond acceptors (Lipinski definition) is 3. The van der Waals surface area contributed by atoms with E-state index in [1.54, 1.807) is 0 Å². The van der Waals surface area contributed by atoms with Gasteiger partial charge in [-0.3, -0.25) is 4.79 Å². The minimum absolute atomic E-state index is 0.502. The van der Waals surface area contributed by atoms with Crippen LogP contribution >= 0.6 is 12.6 Å². The molecule has 0 radical (unpaired) electrons. The second kappa shape index (κ2) is 4.47. The third-order valence-electron chi connectivity index (χ3n) is 3.14. The second-order valence-electron chi connectivity index (χ2n) is 4.22. The summed E-state index contributed by atoms with van der Waals surface area (Å²) < 4.78 is 0. The smallest absolute Gasteiger partial charge is 0.324 e. The van der Waals surface area contributed by atoms with E-state index in [1.165, 1.54) is 0 Å². The van der Waals surface area contributed by atoms with Crippen molar-refractivity contribution in [3.05, 3.63) is 29.8 Å². The Morgan fingerprint density at radius 3 is 2.81 bits per heavy atom. The van der Waals surface area contributed by atoms with Crippen molar-refractivity contribution < 1.29 is 9.90 Å². The summed E-state index contributed by atoms with van der Waals surface area (Å²) >= 11 is 4.36. The molecule has 4 heteroatoms. The Kier molecular flexibility index (Phi) is 3.21. The fourth-order valence-corrected chi connectivity index (χ4v) is 2.44. The van der Waals surface area contributed by atoms with Gasteiger partial charge in [-0.25, -0.2) is 0 Å². The molecule has 0 saturated carbocycles. The summed E-state index contributed by atoms with van der Waals surface area (Å²) in [6.07, 6.45) is 2.10. The minimum Gasteiger partial charge on any atom is -0.480 e. The zero-order chi connectivity index (χ0) is 11.6. The number of rotatable bonds is 3. The van der Waals surface area contributed by atoms with Crippen LogP contribution in [-0.4, -0.2) is 23.2 Å². The number of hydrogen-bond donors (Lipinski definition) is 3. The van der Waals surface area contributed by atoms with Crippen molar-refractivity contribution in [2.75, 3.05) is 6.54 Å². The van der Waals surface area contributed by atoms with E-state index in [-0.39, 0.29) is 0 Å². The highest BCUT2D eigenvalue weighted by atomic mass is 32.1. The summed E-state index contributed by atoms with van der Waals surface area (Å²) in [5.74, 6) is -0.762. The highest BCUT2D eigenvalue weighted by molar-refractivity contribution is 7.80. The maximum absolute atomic E-state index is 11.4. The van der Waals surface area contributed by atoms with Crippen LogP contribution in [0.4, 0.5) is 0 Å². The lowest BCUT2D eigenvalue weighted by atomic mass is 9.89. The molecule has 2 rings (SSSR count). The summed E-state index contributed by atoms with van der Waals surface area (Å²) in [6, 6.07) is 7.65. The number of nitrogens with one attached hydrogen (secondary N) is 1. The monoisotopic (exact) mass is 237 g/mol. The van der Waals surface area contributed by atoms with Gasteiger partial charge in [0.2, 0.25) is 0 Å². The van der Waals surface area contributed by atoms with Crippen LogP contribution in [0.5, 0.6) is 0 Å². The molecule has 2 N–H and O–H groups in total. The van der Waals surface area contributed by atoms with E-state index < -0.39 is 11.5 Å². The predicted molar refractivity (Wildman–Crippen MR) is 65.0 cm³/mol. The number of benzene rings is 1. The van der Waals surface area contributed by atoms with Crippen LogP contribution in [0.15, 0.2) is 29.2 Å². The summed E-state index contributed by atoms with van der Waals surface area (Å²) in [7, 11) is 0. The SMILES string of the molecule is O=C(O)[C@]1(Cc2ccccc2S)CCCN1. The lowest BCUT2D eigenvalue weighted by Gasteiger charge is -2.25. The first-order valence-electron chi connectivity index (χ1n) is 5.39. The van der Waals surface area contributed by atoms with Crippen molar-refractivity contribution in [3.63, 3.8) is 0 Å². The number of carbonyl (C=O) groups is 1. The van der Waals surface area contributed by atoms with Crippen LogP contribution < -0.4 is 5.32 Å². The van der Waals surface area contributed by atoms with Crippen LogP contribution in [0, 0.1) is 0 Å². The van der Waals surface area contributed by atoms with Crippen LogP contribution in [-0.2, 0) is 11.2 Å². The molecule has 1 aliphatic heterocycles. The van der Waals surface area contributed by atoms with Gasteiger partial charge in [0.05, 0.1) is 0 Å². The Hall–Kier alpha value is -1.00. The lowest BCUT2D eigenvalue weighted by Crippen LogP contribution is -2.49. The average Bonchev–Trinajstić information content (AvgIpc) is 2.71. The van der Waals surface area contributed by atoms with Crippen molar-refractivity contribution >= 4 is 18.6 Å². The predicted octanol–water partition coefficient (Wildman–Crippen LogP) is 1.72. The maximum atomic E-state index is 11.4. The molecule has 1 aromatic rings. The molecule has 0 aromatic heterocycles. The lowest BCUT2D eigenvalue weighted by molar-refractivity contribution is -0.144. The molecule has 0 aliphatic carbocycles. The number of carboxylic acids is 1. The third kappa shape index (κ3) is 2.08. The number of thiol groups is 1. The molecule has 1 heterocycles. The molecule has 0 unspecified atom stereocenters. The fraction of sp³-hybridized carbons (Fsp3) is 0.417. The van der Waals surface area contributed by atoms with Crippen LogP contribution in [0.3, 0.4) is 0 Å². The van der Waals surface area contributed by atoms with E-state index in [0.29, 0.717) is 12.8 Å². The molecule has 0 amide bonds. The Bertz CT molecular complexity index is 400. The summed E-state index contributed by atoms with van der Waals surface area (Å²) in [5, 5.41) is 12.4. The quantitative estimate of drug-likeness (QED) is 0.702. The normalized spacial score (nSPS) is 24.6.